The van der Waals surface area contributed by atoms with Crippen molar-refractivity contribution in [3.05, 3.63) is 70.2 Å². The molecule has 0 aliphatic carbocycles. The van der Waals surface area contributed by atoms with Gasteiger partial charge in [-0.1, -0.05) is 54.9 Å². The minimum Gasteiger partial charge on any atom is -0.353 e. The second-order valence-electron chi connectivity index (χ2n) is 7.41. The van der Waals surface area contributed by atoms with Crippen molar-refractivity contribution >= 4 is 17.5 Å². The molecule has 1 aliphatic heterocycles. The van der Waals surface area contributed by atoms with E-state index >= 15 is 0 Å². The van der Waals surface area contributed by atoms with Crippen molar-refractivity contribution in [2.24, 2.45) is 0 Å². The highest BCUT2D eigenvalue weighted by molar-refractivity contribution is 6.30. The smallest absolute Gasteiger partial charge is 0.220 e. The predicted molar refractivity (Wildman–Crippen MR) is 112 cm³/mol. The Morgan fingerprint density at radius 3 is 2.22 bits per heavy atom. The Morgan fingerprint density at radius 2 is 1.59 bits per heavy atom. The van der Waals surface area contributed by atoms with Crippen molar-refractivity contribution in [2.75, 3.05) is 13.1 Å². The van der Waals surface area contributed by atoms with Gasteiger partial charge >= 0.3 is 0 Å². The van der Waals surface area contributed by atoms with Crippen molar-refractivity contribution in [1.29, 1.82) is 0 Å². The van der Waals surface area contributed by atoms with Crippen molar-refractivity contribution in [2.45, 2.75) is 51.6 Å². The molecule has 1 fully saturated rings. The zero-order valence-electron chi connectivity index (χ0n) is 16.1. The average molecular weight is 385 g/mol. The largest absolute Gasteiger partial charge is 0.353 e. The van der Waals surface area contributed by atoms with Gasteiger partial charge in [-0.2, -0.15) is 0 Å². The van der Waals surface area contributed by atoms with Crippen molar-refractivity contribution in [3.63, 3.8) is 0 Å². The molecule has 1 amide bonds. The minimum absolute atomic E-state index is 0.172. The number of nitrogens with one attached hydrogen (secondary N) is 1. The number of nitrogens with zero attached hydrogens (tertiary/aromatic N) is 1. The first-order valence-corrected chi connectivity index (χ1v) is 10.3. The van der Waals surface area contributed by atoms with E-state index in [0.29, 0.717) is 12.5 Å². The Morgan fingerprint density at radius 1 is 1.00 bits per heavy atom. The lowest BCUT2D eigenvalue weighted by molar-refractivity contribution is -0.122. The second kappa shape index (κ2) is 9.91. The van der Waals surface area contributed by atoms with E-state index < -0.39 is 0 Å². The number of rotatable bonds is 7. The zero-order valence-corrected chi connectivity index (χ0v) is 16.8. The van der Waals surface area contributed by atoms with E-state index in [1.807, 2.05) is 12.1 Å². The fourth-order valence-corrected chi connectivity index (χ4v) is 3.71. The van der Waals surface area contributed by atoms with Crippen LogP contribution in [0.15, 0.2) is 48.5 Å². The fourth-order valence-electron chi connectivity index (χ4n) is 3.58. The van der Waals surface area contributed by atoms with E-state index in [4.69, 9.17) is 11.6 Å². The van der Waals surface area contributed by atoms with Gasteiger partial charge < -0.3 is 5.32 Å². The first kappa shape index (κ1) is 19.9. The maximum atomic E-state index is 12.3. The molecule has 0 aromatic heterocycles. The van der Waals surface area contributed by atoms with Crippen LogP contribution in [0, 0.1) is 0 Å². The van der Waals surface area contributed by atoms with Crippen LogP contribution >= 0.6 is 11.6 Å². The topological polar surface area (TPSA) is 32.3 Å². The number of hydrogen-bond donors (Lipinski definition) is 1. The molecule has 1 saturated heterocycles. The zero-order chi connectivity index (χ0) is 19.1. The lowest BCUT2D eigenvalue weighted by atomic mass is 10.0. The summed E-state index contributed by atoms with van der Waals surface area (Å²) in [5.74, 6) is 0.172. The number of likely N-dealkylation sites (tertiary alicyclic amines) is 1. The van der Waals surface area contributed by atoms with Crippen molar-refractivity contribution < 1.29 is 4.79 Å². The molecule has 2 aromatic carbocycles. The monoisotopic (exact) mass is 384 g/mol. The summed E-state index contributed by atoms with van der Waals surface area (Å²) >= 11 is 5.95. The Kier molecular flexibility index (Phi) is 7.31. The van der Waals surface area contributed by atoms with Gasteiger partial charge in [-0.25, -0.2) is 0 Å². The van der Waals surface area contributed by atoms with Crippen LogP contribution < -0.4 is 5.32 Å². The highest BCUT2D eigenvalue weighted by Gasteiger charge is 2.20. The number of amides is 1. The van der Waals surface area contributed by atoms with Gasteiger partial charge in [0, 0.05) is 37.1 Å². The van der Waals surface area contributed by atoms with Gasteiger partial charge in [0.2, 0.25) is 5.91 Å². The second-order valence-corrected chi connectivity index (χ2v) is 7.85. The predicted octanol–water partition coefficient (Wildman–Crippen LogP) is 4.62. The molecule has 1 N–H and O–H groups in total. The third-order valence-electron chi connectivity index (χ3n) is 5.34. The number of aryl methyl sites for hydroxylation is 2. The summed E-state index contributed by atoms with van der Waals surface area (Å²) in [7, 11) is 0. The molecule has 0 spiro atoms. The molecule has 0 unspecified atom stereocenters. The van der Waals surface area contributed by atoms with Crippen LogP contribution in [0.3, 0.4) is 0 Å². The standard InChI is InChI=1S/C23H29ClN2O/c1-2-18-3-5-19(6-4-18)9-12-23(27)25-22-13-15-26(16-14-22)17-20-7-10-21(24)11-8-20/h3-8,10-11,22H,2,9,12-17H2,1H3,(H,25,27). The number of piperidine rings is 1. The van der Waals surface area contributed by atoms with Gasteiger partial charge in [0.25, 0.3) is 0 Å². The molecule has 0 bridgehead atoms. The molecule has 3 nitrogen and oxygen atoms in total. The summed E-state index contributed by atoms with van der Waals surface area (Å²) in [5, 5.41) is 4.00. The van der Waals surface area contributed by atoms with Crippen LogP contribution in [0.5, 0.6) is 0 Å². The number of carbonyl (C=O) groups is 1. The van der Waals surface area contributed by atoms with Gasteiger partial charge in [-0.15, -0.1) is 0 Å². The number of benzene rings is 2. The van der Waals surface area contributed by atoms with Gasteiger partial charge in [-0.3, -0.25) is 9.69 Å². The first-order chi connectivity index (χ1) is 13.1. The Labute approximate surface area is 167 Å². The molecule has 1 aliphatic rings. The molecule has 0 saturated carbocycles. The van der Waals surface area contributed by atoms with Crippen LogP contribution in [-0.2, 0) is 24.2 Å². The Hall–Kier alpha value is -1.84. The van der Waals surface area contributed by atoms with Crippen LogP contribution in [0.1, 0.15) is 42.9 Å². The fraction of sp³-hybridized carbons (Fsp3) is 0.435. The molecule has 1 heterocycles. The molecule has 3 rings (SSSR count). The quantitative estimate of drug-likeness (QED) is 0.755. The highest BCUT2D eigenvalue weighted by Crippen LogP contribution is 2.16. The molecule has 2 aromatic rings. The highest BCUT2D eigenvalue weighted by atomic mass is 35.5. The number of hydrogen-bond acceptors (Lipinski definition) is 2. The number of halogens is 1. The van der Waals surface area contributed by atoms with Crippen LogP contribution in [0.4, 0.5) is 0 Å². The van der Waals surface area contributed by atoms with Crippen LogP contribution in [0.25, 0.3) is 0 Å². The third kappa shape index (κ3) is 6.37. The van der Waals surface area contributed by atoms with Gasteiger partial charge in [0.1, 0.15) is 0 Å². The van der Waals surface area contributed by atoms with Gasteiger partial charge in [0.15, 0.2) is 0 Å². The summed E-state index contributed by atoms with van der Waals surface area (Å²) in [4.78, 5) is 14.7. The SMILES string of the molecule is CCc1ccc(CCC(=O)NC2CCN(Cc3ccc(Cl)cc3)CC2)cc1. The van der Waals surface area contributed by atoms with E-state index in [-0.39, 0.29) is 5.91 Å². The molecule has 0 radical (unpaired) electrons. The van der Waals surface area contributed by atoms with E-state index in [0.717, 1.165) is 50.3 Å². The first-order valence-electron chi connectivity index (χ1n) is 9.96. The van der Waals surface area contributed by atoms with Crippen LogP contribution in [0.2, 0.25) is 5.02 Å². The van der Waals surface area contributed by atoms with E-state index in [2.05, 4.69) is 53.5 Å². The molecular formula is C23H29ClN2O. The summed E-state index contributed by atoms with van der Waals surface area (Å²) in [5.41, 5.74) is 3.87. The molecule has 4 heteroatoms. The average Bonchev–Trinajstić information content (AvgIpc) is 2.70. The van der Waals surface area contributed by atoms with Crippen molar-refractivity contribution in [1.82, 2.24) is 10.2 Å². The normalized spacial score (nSPS) is 15.6. The third-order valence-corrected chi connectivity index (χ3v) is 5.60. The van der Waals surface area contributed by atoms with E-state index in [1.165, 1.54) is 16.7 Å². The summed E-state index contributed by atoms with van der Waals surface area (Å²) < 4.78 is 0. The maximum absolute atomic E-state index is 12.3. The molecule has 144 valence electrons. The summed E-state index contributed by atoms with van der Waals surface area (Å²) in [6.45, 7) is 5.15. The van der Waals surface area contributed by atoms with Gasteiger partial charge in [-0.05, 0) is 54.5 Å². The lowest BCUT2D eigenvalue weighted by Crippen LogP contribution is -2.44. The van der Waals surface area contributed by atoms with E-state index in [9.17, 15) is 4.79 Å². The Bertz CT molecular complexity index is 719. The molecular weight excluding hydrogens is 356 g/mol. The van der Waals surface area contributed by atoms with Crippen molar-refractivity contribution in [3.8, 4) is 0 Å². The number of carbonyl (C=O) groups excluding carboxylic acids is 1. The van der Waals surface area contributed by atoms with Crippen LogP contribution in [-0.4, -0.2) is 29.9 Å². The molecule has 0 atom stereocenters. The summed E-state index contributed by atoms with van der Waals surface area (Å²) in [6.07, 6.45) is 4.47. The van der Waals surface area contributed by atoms with Gasteiger partial charge in [0.05, 0.1) is 0 Å². The summed E-state index contributed by atoms with van der Waals surface area (Å²) in [6, 6.07) is 17.0. The Balaban J connectivity index is 1.36. The van der Waals surface area contributed by atoms with E-state index in [1.54, 1.807) is 0 Å². The maximum Gasteiger partial charge on any atom is 0.220 e. The lowest BCUT2D eigenvalue weighted by Gasteiger charge is -2.32. The minimum atomic E-state index is 0.172. The molecule has 27 heavy (non-hydrogen) atoms.